The summed E-state index contributed by atoms with van der Waals surface area (Å²) in [6, 6.07) is 3.40. The highest BCUT2D eigenvalue weighted by Gasteiger charge is 2.31. The monoisotopic (exact) mass is 458 g/mol. The zero-order valence-corrected chi connectivity index (χ0v) is 19.2. The number of allylic oxidation sites excluding steroid dienone is 3. The molecule has 0 radical (unpaired) electrons. The minimum Gasteiger partial charge on any atom is -0.462 e. The Hall–Kier alpha value is -2.36. The van der Waals surface area contributed by atoms with E-state index in [9.17, 15) is 9.90 Å². The summed E-state index contributed by atoms with van der Waals surface area (Å²) in [6.07, 6.45) is 9.84. The third-order valence-corrected chi connectivity index (χ3v) is 6.60. The number of carbonyl (C=O) groups is 1. The molecule has 0 saturated heterocycles. The topological polar surface area (TPSA) is 105 Å². The number of carbonyl (C=O) groups excluding carboxylic acids is 1. The number of hydroxylamine groups is 1. The van der Waals surface area contributed by atoms with Gasteiger partial charge in [-0.25, -0.2) is 10.5 Å². The summed E-state index contributed by atoms with van der Waals surface area (Å²) in [5.41, 5.74) is 3.65. The van der Waals surface area contributed by atoms with E-state index in [1.807, 2.05) is 26.0 Å². The number of ether oxygens (including phenoxy) is 1. The molecule has 3 N–H and O–H groups in total. The molecular weight excluding hydrogens is 428 g/mol. The van der Waals surface area contributed by atoms with E-state index in [2.05, 4.69) is 15.8 Å². The number of amides is 1. The predicted molar refractivity (Wildman–Crippen MR) is 124 cm³/mol. The summed E-state index contributed by atoms with van der Waals surface area (Å²) in [6.45, 7) is 4.44. The average molecular weight is 459 g/mol. The van der Waals surface area contributed by atoms with Crippen molar-refractivity contribution in [3.8, 4) is 5.75 Å². The molecule has 1 aromatic heterocycles. The van der Waals surface area contributed by atoms with Crippen LogP contribution in [0, 0.1) is 5.92 Å². The number of hydrogen-bond donors (Lipinski definition) is 3. The largest absolute Gasteiger partial charge is 0.462 e. The van der Waals surface area contributed by atoms with Crippen molar-refractivity contribution in [1.29, 1.82) is 0 Å². The van der Waals surface area contributed by atoms with Crippen molar-refractivity contribution >= 4 is 22.8 Å². The van der Waals surface area contributed by atoms with Gasteiger partial charge in [-0.15, -0.1) is 0 Å². The van der Waals surface area contributed by atoms with Crippen LogP contribution in [-0.4, -0.2) is 45.2 Å². The molecule has 32 heavy (non-hydrogen) atoms. The lowest BCUT2D eigenvalue weighted by Crippen LogP contribution is -2.43. The summed E-state index contributed by atoms with van der Waals surface area (Å²) in [5.74, 6) is 1.25. The van der Waals surface area contributed by atoms with E-state index in [1.165, 1.54) is 0 Å². The zero-order valence-electron chi connectivity index (χ0n) is 18.4. The second-order valence-electron chi connectivity index (χ2n) is 8.67. The minimum atomic E-state index is -0.406. The SMILES string of the molecule is CC(C)CONC(=O)c1cc(OC2=CC=C3N=C(NC4CCCC[C@H]4O)SC3C2)ccn1. The maximum absolute atomic E-state index is 12.2. The quantitative estimate of drug-likeness (QED) is 0.538. The van der Waals surface area contributed by atoms with Gasteiger partial charge in [-0.1, -0.05) is 38.5 Å². The number of amidine groups is 1. The van der Waals surface area contributed by atoms with E-state index < -0.39 is 5.91 Å². The van der Waals surface area contributed by atoms with Crippen molar-refractivity contribution in [1.82, 2.24) is 15.8 Å². The van der Waals surface area contributed by atoms with Gasteiger partial charge >= 0.3 is 0 Å². The van der Waals surface area contributed by atoms with E-state index in [0.717, 1.165) is 42.3 Å². The number of nitrogens with one attached hydrogen (secondary N) is 2. The molecular formula is C23H30N4O4S. The first-order valence-electron chi connectivity index (χ1n) is 11.1. The second kappa shape index (κ2) is 10.5. The lowest BCUT2D eigenvalue weighted by Gasteiger charge is -2.28. The molecule has 3 aliphatic rings. The maximum Gasteiger partial charge on any atom is 0.293 e. The van der Waals surface area contributed by atoms with E-state index in [-0.39, 0.29) is 23.1 Å². The Morgan fingerprint density at radius 1 is 1.31 bits per heavy atom. The van der Waals surface area contributed by atoms with E-state index in [0.29, 0.717) is 24.7 Å². The fraction of sp³-hybridized carbons (Fsp3) is 0.522. The Bertz CT molecular complexity index is 930. The molecule has 1 aromatic rings. The number of rotatable bonds is 7. The molecule has 2 heterocycles. The van der Waals surface area contributed by atoms with Crippen LogP contribution in [0.2, 0.25) is 0 Å². The van der Waals surface area contributed by atoms with Gasteiger partial charge in [-0.3, -0.25) is 14.6 Å². The van der Waals surface area contributed by atoms with Gasteiger partial charge in [0.15, 0.2) is 5.17 Å². The highest BCUT2D eigenvalue weighted by Crippen LogP contribution is 2.37. The van der Waals surface area contributed by atoms with Gasteiger partial charge in [0.25, 0.3) is 5.91 Å². The summed E-state index contributed by atoms with van der Waals surface area (Å²) in [4.78, 5) is 26.2. The smallest absolute Gasteiger partial charge is 0.293 e. The van der Waals surface area contributed by atoms with Crippen LogP contribution in [0.4, 0.5) is 0 Å². The van der Waals surface area contributed by atoms with Gasteiger partial charge in [0, 0.05) is 18.7 Å². The lowest BCUT2D eigenvalue weighted by atomic mass is 9.93. The standard InChI is InChI=1S/C23H30N4O4S/c1-14(2)13-30-27-22(29)19-11-16(9-10-24-19)31-15-7-8-18-21(12-15)32-23(26-18)25-17-5-3-4-6-20(17)28/h7-11,14,17,20-21,28H,3-6,12-13H2,1-2H3,(H,25,26)(H,27,29)/t17?,20-,21?/m1/s1. The molecule has 2 aliphatic carbocycles. The zero-order chi connectivity index (χ0) is 22.5. The Morgan fingerprint density at radius 2 is 2.16 bits per heavy atom. The Kier molecular flexibility index (Phi) is 7.49. The number of thioether (sulfide) groups is 1. The van der Waals surface area contributed by atoms with Crippen molar-refractivity contribution in [3.63, 3.8) is 0 Å². The number of nitrogens with zero attached hydrogens (tertiary/aromatic N) is 2. The Balaban J connectivity index is 1.33. The molecule has 0 bridgehead atoms. The number of hydrogen-bond acceptors (Lipinski definition) is 8. The summed E-state index contributed by atoms with van der Waals surface area (Å²) < 4.78 is 6.03. The number of aromatic nitrogens is 1. The maximum atomic E-state index is 12.2. The van der Waals surface area contributed by atoms with E-state index >= 15 is 0 Å². The molecule has 1 fully saturated rings. The first kappa shape index (κ1) is 22.8. The fourth-order valence-corrected chi connectivity index (χ4v) is 4.93. The van der Waals surface area contributed by atoms with Gasteiger partial charge in [-0.2, -0.15) is 0 Å². The van der Waals surface area contributed by atoms with Gasteiger partial charge < -0.3 is 15.2 Å². The number of aliphatic hydroxyl groups excluding tert-OH is 1. The van der Waals surface area contributed by atoms with Gasteiger partial charge in [0.05, 0.1) is 29.7 Å². The van der Waals surface area contributed by atoms with E-state index in [1.54, 1.807) is 30.1 Å². The van der Waals surface area contributed by atoms with Crippen molar-refractivity contribution in [3.05, 3.63) is 47.6 Å². The van der Waals surface area contributed by atoms with Crippen LogP contribution >= 0.6 is 11.8 Å². The molecule has 2 unspecified atom stereocenters. The third kappa shape index (κ3) is 5.90. The number of fused-ring (bicyclic) bond motifs is 1. The normalized spacial score (nSPS) is 24.9. The number of pyridine rings is 1. The van der Waals surface area contributed by atoms with Crippen LogP contribution in [-0.2, 0) is 4.84 Å². The van der Waals surface area contributed by atoms with Crippen molar-refractivity contribution in [2.75, 3.05) is 6.61 Å². The lowest BCUT2D eigenvalue weighted by molar-refractivity contribution is 0.0204. The molecule has 3 atom stereocenters. The highest BCUT2D eigenvalue weighted by molar-refractivity contribution is 8.14. The minimum absolute atomic E-state index is 0.0744. The van der Waals surface area contributed by atoms with Crippen molar-refractivity contribution < 1.29 is 19.5 Å². The Morgan fingerprint density at radius 3 is 2.97 bits per heavy atom. The first-order valence-corrected chi connectivity index (χ1v) is 12.0. The van der Waals surface area contributed by atoms with E-state index in [4.69, 9.17) is 14.6 Å². The molecule has 1 amide bonds. The number of aliphatic imine (C=N–C) groups is 1. The van der Waals surface area contributed by atoms with Crippen molar-refractivity contribution in [2.45, 2.75) is 63.3 Å². The van der Waals surface area contributed by atoms with Crippen LogP contribution in [0.15, 0.2) is 46.9 Å². The molecule has 8 nitrogen and oxygen atoms in total. The van der Waals surface area contributed by atoms with Crippen LogP contribution in [0.5, 0.6) is 5.75 Å². The van der Waals surface area contributed by atoms with Gasteiger partial charge in [0.2, 0.25) is 0 Å². The van der Waals surface area contributed by atoms with Crippen molar-refractivity contribution in [2.24, 2.45) is 10.9 Å². The molecule has 9 heteroatoms. The predicted octanol–water partition coefficient (Wildman–Crippen LogP) is 3.31. The van der Waals surface area contributed by atoms with Crippen LogP contribution in [0.25, 0.3) is 0 Å². The molecule has 1 saturated carbocycles. The summed E-state index contributed by atoms with van der Waals surface area (Å²) >= 11 is 1.67. The molecule has 4 rings (SSSR count). The summed E-state index contributed by atoms with van der Waals surface area (Å²) in [5, 5.41) is 14.7. The molecule has 1 aliphatic heterocycles. The van der Waals surface area contributed by atoms with Crippen LogP contribution < -0.4 is 15.5 Å². The highest BCUT2D eigenvalue weighted by atomic mass is 32.2. The molecule has 172 valence electrons. The molecule has 0 aromatic carbocycles. The average Bonchev–Trinajstić information content (AvgIpc) is 3.17. The first-order chi connectivity index (χ1) is 15.5. The van der Waals surface area contributed by atoms with Crippen LogP contribution in [0.1, 0.15) is 56.4 Å². The van der Waals surface area contributed by atoms with Gasteiger partial charge in [0.1, 0.15) is 17.2 Å². The Labute approximate surface area is 192 Å². The van der Waals surface area contributed by atoms with Gasteiger partial charge in [-0.05, 0) is 37.0 Å². The summed E-state index contributed by atoms with van der Waals surface area (Å²) in [7, 11) is 0. The number of aliphatic hydroxyl groups is 1. The third-order valence-electron chi connectivity index (χ3n) is 5.47. The second-order valence-corrected chi connectivity index (χ2v) is 9.86. The van der Waals surface area contributed by atoms with Crippen LogP contribution in [0.3, 0.4) is 0 Å². The molecule has 0 spiro atoms. The fourth-order valence-electron chi connectivity index (χ4n) is 3.79.